The first-order valence-corrected chi connectivity index (χ1v) is 7.36. The van der Waals surface area contributed by atoms with E-state index in [1.54, 1.807) is 12.3 Å². The number of anilines is 2. The summed E-state index contributed by atoms with van der Waals surface area (Å²) < 4.78 is 10.7. The molecule has 1 aliphatic heterocycles. The molecular formula is C15H20N4O3. The highest BCUT2D eigenvalue weighted by molar-refractivity contribution is 5.42. The van der Waals surface area contributed by atoms with Gasteiger partial charge in [-0.05, 0) is 25.1 Å². The average molecular weight is 304 g/mol. The Balaban J connectivity index is 1.60. The quantitative estimate of drug-likeness (QED) is 0.863. The molecular weight excluding hydrogens is 284 g/mol. The maximum atomic E-state index is 10.1. The van der Waals surface area contributed by atoms with E-state index in [0.717, 1.165) is 24.7 Å². The Bertz CT molecular complexity index is 610. The highest BCUT2D eigenvalue weighted by Gasteiger charge is 2.14. The van der Waals surface area contributed by atoms with E-state index in [4.69, 9.17) is 9.15 Å². The number of aromatic nitrogens is 2. The monoisotopic (exact) mass is 304 g/mol. The lowest BCUT2D eigenvalue weighted by atomic mass is 10.3. The fourth-order valence-corrected chi connectivity index (χ4v) is 2.32. The van der Waals surface area contributed by atoms with Crippen molar-refractivity contribution in [1.82, 2.24) is 9.97 Å². The smallest absolute Gasteiger partial charge is 0.224 e. The molecule has 118 valence electrons. The number of furan rings is 1. The standard InChI is InChI=1S/C15H20N4O3/c1-11-2-3-13(22-11)12(20)10-17-15-16-5-4-14(18-15)19-6-8-21-9-7-19/h2-5,12,20H,6-10H2,1H3,(H,16,17,18). The van der Waals surface area contributed by atoms with Crippen LogP contribution < -0.4 is 10.2 Å². The summed E-state index contributed by atoms with van der Waals surface area (Å²) in [5.74, 6) is 2.67. The average Bonchev–Trinajstić information content (AvgIpc) is 3.00. The lowest BCUT2D eigenvalue weighted by Gasteiger charge is -2.27. The molecule has 0 radical (unpaired) electrons. The molecule has 0 aliphatic carbocycles. The zero-order chi connectivity index (χ0) is 15.4. The van der Waals surface area contributed by atoms with Crippen LogP contribution >= 0.6 is 0 Å². The van der Waals surface area contributed by atoms with Crippen LogP contribution in [0.3, 0.4) is 0 Å². The first-order chi connectivity index (χ1) is 10.7. The van der Waals surface area contributed by atoms with Gasteiger partial charge in [-0.1, -0.05) is 0 Å². The van der Waals surface area contributed by atoms with Crippen molar-refractivity contribution in [2.45, 2.75) is 13.0 Å². The highest BCUT2D eigenvalue weighted by Crippen LogP contribution is 2.17. The molecule has 1 atom stereocenters. The second-order valence-corrected chi connectivity index (χ2v) is 5.18. The van der Waals surface area contributed by atoms with Crippen LogP contribution in [-0.2, 0) is 4.74 Å². The van der Waals surface area contributed by atoms with Gasteiger partial charge in [0, 0.05) is 19.3 Å². The van der Waals surface area contributed by atoms with Gasteiger partial charge in [-0.2, -0.15) is 4.98 Å². The van der Waals surface area contributed by atoms with Gasteiger partial charge in [0.15, 0.2) is 0 Å². The maximum Gasteiger partial charge on any atom is 0.224 e. The molecule has 3 heterocycles. The molecule has 3 rings (SSSR count). The van der Waals surface area contributed by atoms with Crippen LogP contribution in [0.25, 0.3) is 0 Å². The molecule has 22 heavy (non-hydrogen) atoms. The second-order valence-electron chi connectivity index (χ2n) is 5.18. The number of hydrogen-bond acceptors (Lipinski definition) is 7. The number of morpholine rings is 1. The third kappa shape index (κ3) is 3.55. The minimum Gasteiger partial charge on any atom is -0.464 e. The Hall–Kier alpha value is -2.12. The molecule has 2 aromatic heterocycles. The fraction of sp³-hybridized carbons (Fsp3) is 0.467. The lowest BCUT2D eigenvalue weighted by Crippen LogP contribution is -2.36. The van der Waals surface area contributed by atoms with Gasteiger partial charge in [-0.15, -0.1) is 0 Å². The highest BCUT2D eigenvalue weighted by atomic mass is 16.5. The molecule has 1 saturated heterocycles. The summed E-state index contributed by atoms with van der Waals surface area (Å²) in [6.07, 6.45) is 0.980. The van der Waals surface area contributed by atoms with Crippen molar-refractivity contribution >= 4 is 11.8 Å². The van der Waals surface area contributed by atoms with Crippen LogP contribution in [0.15, 0.2) is 28.8 Å². The summed E-state index contributed by atoms with van der Waals surface area (Å²) in [6, 6.07) is 5.48. The van der Waals surface area contributed by atoms with Gasteiger partial charge in [-0.3, -0.25) is 0 Å². The molecule has 7 nitrogen and oxygen atoms in total. The second kappa shape index (κ2) is 6.76. The predicted octanol–water partition coefficient (Wildman–Crippen LogP) is 1.36. The van der Waals surface area contributed by atoms with Crippen LogP contribution in [0.2, 0.25) is 0 Å². The fourth-order valence-electron chi connectivity index (χ4n) is 2.32. The van der Waals surface area contributed by atoms with Gasteiger partial charge in [0.1, 0.15) is 23.4 Å². The van der Waals surface area contributed by atoms with Gasteiger partial charge < -0.3 is 24.5 Å². The lowest BCUT2D eigenvalue weighted by molar-refractivity contribution is 0.122. The summed E-state index contributed by atoms with van der Waals surface area (Å²) in [6.45, 7) is 5.21. The van der Waals surface area contributed by atoms with Gasteiger partial charge in [-0.25, -0.2) is 4.98 Å². The van der Waals surface area contributed by atoms with E-state index in [1.165, 1.54) is 0 Å². The van der Waals surface area contributed by atoms with E-state index < -0.39 is 6.10 Å². The van der Waals surface area contributed by atoms with E-state index in [9.17, 15) is 5.11 Å². The van der Waals surface area contributed by atoms with Crippen LogP contribution in [0.4, 0.5) is 11.8 Å². The molecule has 2 aromatic rings. The molecule has 7 heteroatoms. The predicted molar refractivity (Wildman–Crippen MR) is 82.0 cm³/mol. The van der Waals surface area contributed by atoms with Crippen molar-refractivity contribution < 1.29 is 14.3 Å². The Labute approximate surface area is 128 Å². The van der Waals surface area contributed by atoms with Gasteiger partial charge in [0.25, 0.3) is 0 Å². The number of aliphatic hydroxyl groups excluding tert-OH is 1. The van der Waals surface area contributed by atoms with Crippen molar-refractivity contribution in [3.63, 3.8) is 0 Å². The molecule has 0 saturated carbocycles. The summed E-state index contributed by atoms with van der Waals surface area (Å²) in [7, 11) is 0. The molecule has 0 spiro atoms. The van der Waals surface area contributed by atoms with E-state index in [-0.39, 0.29) is 0 Å². The minimum absolute atomic E-state index is 0.291. The van der Waals surface area contributed by atoms with Crippen LogP contribution in [-0.4, -0.2) is 47.9 Å². The van der Waals surface area contributed by atoms with Crippen molar-refractivity contribution in [3.8, 4) is 0 Å². The first-order valence-electron chi connectivity index (χ1n) is 7.36. The summed E-state index contributed by atoms with van der Waals surface area (Å²) in [5, 5.41) is 13.1. The number of aliphatic hydroxyl groups is 1. The summed E-state index contributed by atoms with van der Waals surface area (Å²) >= 11 is 0. The number of hydrogen-bond donors (Lipinski definition) is 2. The molecule has 2 N–H and O–H groups in total. The Kier molecular flexibility index (Phi) is 4.55. The van der Waals surface area contributed by atoms with Crippen molar-refractivity contribution in [2.75, 3.05) is 43.1 Å². The zero-order valence-electron chi connectivity index (χ0n) is 12.5. The normalized spacial score (nSPS) is 16.5. The maximum absolute atomic E-state index is 10.1. The summed E-state index contributed by atoms with van der Waals surface area (Å²) in [4.78, 5) is 10.8. The first kappa shape index (κ1) is 14.8. The van der Waals surface area contributed by atoms with Crippen molar-refractivity contribution in [3.05, 3.63) is 35.9 Å². The minimum atomic E-state index is -0.732. The number of ether oxygens (including phenoxy) is 1. The van der Waals surface area contributed by atoms with Crippen LogP contribution in [0.5, 0.6) is 0 Å². The van der Waals surface area contributed by atoms with Gasteiger partial charge in [0.2, 0.25) is 5.95 Å². The Morgan fingerprint density at radius 1 is 1.32 bits per heavy atom. The molecule has 0 aromatic carbocycles. The number of rotatable bonds is 5. The molecule has 1 aliphatic rings. The molecule has 0 amide bonds. The van der Waals surface area contributed by atoms with Crippen LogP contribution in [0.1, 0.15) is 17.6 Å². The zero-order valence-corrected chi connectivity index (χ0v) is 12.5. The topological polar surface area (TPSA) is 83.7 Å². The molecule has 1 unspecified atom stereocenters. The SMILES string of the molecule is Cc1ccc(C(O)CNc2nccc(N3CCOCC3)n2)o1. The van der Waals surface area contributed by atoms with E-state index in [2.05, 4.69) is 20.2 Å². The van der Waals surface area contributed by atoms with Crippen LogP contribution in [0, 0.1) is 6.92 Å². The van der Waals surface area contributed by atoms with E-state index in [0.29, 0.717) is 31.5 Å². The summed E-state index contributed by atoms with van der Waals surface area (Å²) in [5.41, 5.74) is 0. The van der Waals surface area contributed by atoms with E-state index in [1.807, 2.05) is 19.1 Å². The molecule has 0 bridgehead atoms. The third-order valence-corrected chi connectivity index (χ3v) is 3.52. The van der Waals surface area contributed by atoms with Gasteiger partial charge >= 0.3 is 0 Å². The van der Waals surface area contributed by atoms with Gasteiger partial charge in [0.05, 0.1) is 19.8 Å². The number of nitrogens with zero attached hydrogens (tertiary/aromatic N) is 3. The Morgan fingerprint density at radius 2 is 2.14 bits per heavy atom. The largest absolute Gasteiger partial charge is 0.464 e. The number of nitrogens with one attached hydrogen (secondary N) is 1. The third-order valence-electron chi connectivity index (χ3n) is 3.52. The van der Waals surface area contributed by atoms with Crippen molar-refractivity contribution in [2.24, 2.45) is 0 Å². The van der Waals surface area contributed by atoms with E-state index >= 15 is 0 Å². The van der Waals surface area contributed by atoms with Crippen molar-refractivity contribution in [1.29, 1.82) is 0 Å². The number of aryl methyl sites for hydroxylation is 1. The Morgan fingerprint density at radius 3 is 2.86 bits per heavy atom. The molecule has 1 fully saturated rings.